The molecule has 0 N–H and O–H groups in total. The third-order valence-electron chi connectivity index (χ3n) is 5.27. The minimum Gasteiger partial charge on any atom is -0.497 e. The smallest absolute Gasteiger partial charge is 0.333 e. The Bertz CT molecular complexity index is 1240. The van der Waals surface area contributed by atoms with Gasteiger partial charge in [0.05, 0.1) is 24.1 Å². The van der Waals surface area contributed by atoms with Crippen LogP contribution in [0.1, 0.15) is 11.3 Å². The summed E-state index contributed by atoms with van der Waals surface area (Å²) in [4.78, 5) is 39.3. The number of methoxy groups -OCH3 is 1. The first kappa shape index (κ1) is 21.8. The first-order valence-corrected chi connectivity index (χ1v) is 10.1. The van der Waals surface area contributed by atoms with Crippen LogP contribution in [0.25, 0.3) is 11.8 Å². The minimum atomic E-state index is -0.689. The Morgan fingerprint density at radius 3 is 2.00 bits per heavy atom. The fraction of sp³-hybridized carbons (Fsp3) is 0.167. The number of ether oxygens (including phenoxy) is 2. The first-order valence-electron chi connectivity index (χ1n) is 10.1. The second-order valence-electron chi connectivity index (χ2n) is 7.40. The summed E-state index contributed by atoms with van der Waals surface area (Å²) in [5, 5.41) is 4.58. The summed E-state index contributed by atoms with van der Waals surface area (Å²) in [5.41, 5.74) is 1.56. The highest BCUT2D eigenvalue weighted by Crippen LogP contribution is 2.33. The van der Waals surface area contributed by atoms with Gasteiger partial charge in [0.1, 0.15) is 17.1 Å². The van der Waals surface area contributed by atoms with Crippen LogP contribution in [0.3, 0.4) is 0 Å². The Hall–Kier alpha value is -4.40. The summed E-state index contributed by atoms with van der Waals surface area (Å²) in [7, 11) is 4.23. The normalized spacial score (nSPS) is 14.1. The Morgan fingerprint density at radius 2 is 1.42 bits per heavy atom. The van der Waals surface area contributed by atoms with Crippen LogP contribution in [0, 0.1) is 6.92 Å². The number of rotatable bonds is 5. The molecule has 1 aliphatic heterocycles. The Balaban J connectivity index is 1.86. The van der Waals surface area contributed by atoms with E-state index in [1.807, 2.05) is 30.3 Å². The highest BCUT2D eigenvalue weighted by molar-refractivity contribution is 6.30. The summed E-state index contributed by atoms with van der Waals surface area (Å²) < 4.78 is 13.0. The van der Waals surface area contributed by atoms with Gasteiger partial charge < -0.3 is 9.47 Å². The van der Waals surface area contributed by atoms with E-state index in [4.69, 9.17) is 9.47 Å². The van der Waals surface area contributed by atoms with Crippen molar-refractivity contribution in [1.29, 1.82) is 0 Å². The number of hydrogen-bond acceptors (Lipinski definition) is 6. The predicted octanol–water partition coefficient (Wildman–Crippen LogP) is 3.42. The monoisotopic (exact) mass is 446 g/mol. The molecule has 0 radical (unpaired) electrons. The van der Waals surface area contributed by atoms with Gasteiger partial charge in [0.15, 0.2) is 0 Å². The molecule has 0 bridgehead atoms. The van der Waals surface area contributed by atoms with E-state index < -0.39 is 17.8 Å². The molecular formula is C24H22N4O5. The number of carbonyl (C=O) groups is 3. The van der Waals surface area contributed by atoms with Crippen molar-refractivity contribution in [3.05, 3.63) is 71.4 Å². The van der Waals surface area contributed by atoms with Gasteiger partial charge in [-0.15, -0.1) is 0 Å². The van der Waals surface area contributed by atoms with Crippen molar-refractivity contribution in [1.82, 2.24) is 19.6 Å². The molecule has 9 nitrogen and oxygen atoms in total. The SMILES string of the molecule is COc1ccc(Oc2c(C=C3C(=O)N(C)C(=O)N(C)C3=O)c(C)nn2-c2ccccc2)cc1. The number of amides is 4. The quantitative estimate of drug-likeness (QED) is 0.440. The van der Waals surface area contributed by atoms with Crippen LogP contribution in [0.15, 0.2) is 60.2 Å². The summed E-state index contributed by atoms with van der Waals surface area (Å²) in [6.07, 6.45) is 1.42. The summed E-state index contributed by atoms with van der Waals surface area (Å²) >= 11 is 0. The van der Waals surface area contributed by atoms with Crippen molar-refractivity contribution in [2.75, 3.05) is 21.2 Å². The van der Waals surface area contributed by atoms with Crippen molar-refractivity contribution in [3.63, 3.8) is 0 Å². The summed E-state index contributed by atoms with van der Waals surface area (Å²) in [6, 6.07) is 15.7. The standard InChI is InChI=1S/C24H22N4O5/c1-15-19(14-20-21(29)26(2)24(31)27(3)22(20)30)23(28(25-15)16-8-6-5-7-9-16)33-18-12-10-17(32-4)11-13-18/h5-14H,1-4H3. The fourth-order valence-electron chi connectivity index (χ4n) is 3.40. The number of aryl methyl sites for hydroxylation is 1. The van der Waals surface area contributed by atoms with Crippen molar-refractivity contribution in [3.8, 4) is 23.1 Å². The Morgan fingerprint density at radius 1 is 0.848 bits per heavy atom. The van der Waals surface area contributed by atoms with Gasteiger partial charge in [-0.1, -0.05) is 18.2 Å². The number of carbonyl (C=O) groups excluding carboxylic acids is 3. The fourth-order valence-corrected chi connectivity index (χ4v) is 3.40. The first-order chi connectivity index (χ1) is 15.8. The van der Waals surface area contributed by atoms with Gasteiger partial charge in [0.25, 0.3) is 11.8 Å². The van der Waals surface area contributed by atoms with Gasteiger partial charge in [-0.25, -0.2) is 4.79 Å². The molecule has 1 aliphatic rings. The van der Waals surface area contributed by atoms with Crippen LogP contribution in [-0.2, 0) is 9.59 Å². The van der Waals surface area contributed by atoms with Crippen LogP contribution in [0.4, 0.5) is 4.79 Å². The zero-order valence-electron chi connectivity index (χ0n) is 18.6. The van der Waals surface area contributed by atoms with E-state index in [0.29, 0.717) is 28.6 Å². The van der Waals surface area contributed by atoms with E-state index in [2.05, 4.69) is 5.10 Å². The maximum absolute atomic E-state index is 12.7. The number of urea groups is 1. The van der Waals surface area contributed by atoms with Gasteiger partial charge in [0.2, 0.25) is 5.88 Å². The molecule has 1 fully saturated rings. The van der Waals surface area contributed by atoms with Gasteiger partial charge >= 0.3 is 6.03 Å². The van der Waals surface area contributed by atoms with E-state index in [9.17, 15) is 14.4 Å². The molecular weight excluding hydrogens is 424 g/mol. The van der Waals surface area contributed by atoms with E-state index in [-0.39, 0.29) is 5.57 Å². The topological polar surface area (TPSA) is 94.0 Å². The van der Waals surface area contributed by atoms with Crippen LogP contribution in [0.5, 0.6) is 17.4 Å². The highest BCUT2D eigenvalue weighted by Gasteiger charge is 2.38. The van der Waals surface area contributed by atoms with E-state index in [0.717, 1.165) is 15.5 Å². The van der Waals surface area contributed by atoms with Gasteiger partial charge in [0, 0.05) is 14.1 Å². The van der Waals surface area contributed by atoms with E-state index in [1.165, 1.54) is 20.2 Å². The number of benzene rings is 2. The molecule has 0 unspecified atom stereocenters. The number of imide groups is 2. The van der Waals surface area contributed by atoms with E-state index in [1.54, 1.807) is 43.0 Å². The Labute approximate surface area is 190 Å². The lowest BCUT2D eigenvalue weighted by Gasteiger charge is -2.28. The molecule has 1 saturated heterocycles. The molecule has 33 heavy (non-hydrogen) atoms. The number of hydrogen-bond donors (Lipinski definition) is 0. The van der Waals surface area contributed by atoms with E-state index >= 15 is 0 Å². The van der Waals surface area contributed by atoms with Crippen molar-refractivity contribution < 1.29 is 23.9 Å². The van der Waals surface area contributed by atoms with Gasteiger partial charge in [-0.2, -0.15) is 9.78 Å². The van der Waals surface area contributed by atoms with Gasteiger partial charge in [-0.3, -0.25) is 19.4 Å². The zero-order valence-corrected chi connectivity index (χ0v) is 18.6. The highest BCUT2D eigenvalue weighted by atomic mass is 16.5. The number of barbiturate groups is 1. The molecule has 4 rings (SSSR count). The number of nitrogens with zero attached hydrogens (tertiary/aromatic N) is 4. The zero-order chi connectivity index (χ0) is 23.7. The van der Waals surface area contributed by atoms with Crippen LogP contribution < -0.4 is 9.47 Å². The van der Waals surface area contributed by atoms with Crippen molar-refractivity contribution >= 4 is 23.9 Å². The number of likely N-dealkylation sites (N-methyl/N-ethyl adjacent to an activating group) is 2. The second kappa shape index (κ2) is 8.62. The molecule has 1 aromatic heterocycles. The van der Waals surface area contributed by atoms with Gasteiger partial charge in [-0.05, 0) is 49.4 Å². The molecule has 0 saturated carbocycles. The molecule has 3 aromatic rings. The van der Waals surface area contributed by atoms with Crippen molar-refractivity contribution in [2.24, 2.45) is 0 Å². The lowest BCUT2D eigenvalue weighted by Crippen LogP contribution is -2.52. The molecule has 2 aromatic carbocycles. The van der Waals surface area contributed by atoms with Crippen molar-refractivity contribution in [2.45, 2.75) is 6.92 Å². The summed E-state index contributed by atoms with van der Waals surface area (Å²) in [5.74, 6) is 0.125. The Kier molecular flexibility index (Phi) is 5.70. The lowest BCUT2D eigenvalue weighted by atomic mass is 10.1. The summed E-state index contributed by atoms with van der Waals surface area (Å²) in [6.45, 7) is 1.75. The third kappa shape index (κ3) is 3.96. The third-order valence-corrected chi connectivity index (χ3v) is 5.27. The van der Waals surface area contributed by atoms with Crippen LogP contribution in [-0.4, -0.2) is 58.6 Å². The second-order valence-corrected chi connectivity index (χ2v) is 7.40. The molecule has 9 heteroatoms. The molecule has 4 amide bonds. The minimum absolute atomic E-state index is 0.158. The number of aromatic nitrogens is 2. The largest absolute Gasteiger partial charge is 0.497 e. The number of para-hydroxylation sites is 1. The lowest BCUT2D eigenvalue weighted by molar-refractivity contribution is -0.134. The maximum Gasteiger partial charge on any atom is 0.333 e. The molecule has 0 spiro atoms. The van der Waals surface area contributed by atoms with Crippen LogP contribution in [0.2, 0.25) is 0 Å². The van der Waals surface area contributed by atoms with Crippen LogP contribution >= 0.6 is 0 Å². The molecule has 2 heterocycles. The maximum atomic E-state index is 12.7. The average molecular weight is 446 g/mol. The predicted molar refractivity (Wildman–Crippen MR) is 120 cm³/mol. The molecule has 0 atom stereocenters. The molecule has 168 valence electrons. The average Bonchev–Trinajstić information content (AvgIpc) is 3.15. The molecule has 0 aliphatic carbocycles.